The molecule has 1 atom stereocenters. The smallest absolute Gasteiger partial charge is 0.368 e. The van der Waals surface area contributed by atoms with E-state index in [0.717, 1.165) is 18.5 Å². The maximum absolute atomic E-state index is 14.0. The van der Waals surface area contributed by atoms with Gasteiger partial charge in [-0.05, 0) is 36.6 Å². The summed E-state index contributed by atoms with van der Waals surface area (Å²) in [5.74, 6) is -0.839. The number of halogens is 4. The average Bonchev–Trinajstić information content (AvgIpc) is 2.71. The second-order valence-electron chi connectivity index (χ2n) is 8.55. The lowest BCUT2D eigenvalue weighted by molar-refractivity contribution is -0.141. The van der Waals surface area contributed by atoms with Crippen molar-refractivity contribution in [3.05, 3.63) is 48.0 Å². The summed E-state index contributed by atoms with van der Waals surface area (Å²) < 4.78 is 78.7. The van der Waals surface area contributed by atoms with Gasteiger partial charge in [-0.3, -0.25) is 0 Å². The van der Waals surface area contributed by atoms with Crippen LogP contribution in [0.2, 0.25) is 0 Å². The molecular weight excluding hydrogens is 460 g/mol. The number of piperazine rings is 1. The molecule has 33 heavy (non-hydrogen) atoms. The lowest BCUT2D eigenvalue weighted by Gasteiger charge is -2.44. The molecule has 1 fully saturated rings. The van der Waals surface area contributed by atoms with Gasteiger partial charge in [0.25, 0.3) is 0 Å². The first-order valence-corrected chi connectivity index (χ1v) is 12.2. The van der Waals surface area contributed by atoms with Gasteiger partial charge >= 0.3 is 6.18 Å². The van der Waals surface area contributed by atoms with E-state index in [-0.39, 0.29) is 29.0 Å². The molecule has 1 aromatic heterocycles. The van der Waals surface area contributed by atoms with E-state index in [4.69, 9.17) is 0 Å². The molecule has 0 aliphatic carbocycles. The average molecular weight is 487 g/mol. The van der Waals surface area contributed by atoms with Crippen LogP contribution >= 0.6 is 0 Å². The van der Waals surface area contributed by atoms with Crippen LogP contribution in [0.5, 0.6) is 0 Å². The van der Waals surface area contributed by atoms with Crippen molar-refractivity contribution < 1.29 is 26.0 Å². The molecule has 180 valence electrons. The highest BCUT2D eigenvalue weighted by Gasteiger charge is 2.38. The van der Waals surface area contributed by atoms with Crippen LogP contribution < -0.4 is 9.80 Å². The van der Waals surface area contributed by atoms with Gasteiger partial charge in [0.1, 0.15) is 10.7 Å². The second-order valence-corrected chi connectivity index (χ2v) is 10.5. The zero-order valence-electron chi connectivity index (χ0n) is 18.8. The minimum atomic E-state index is -4.66. The van der Waals surface area contributed by atoms with Gasteiger partial charge in [0.2, 0.25) is 5.95 Å². The lowest BCUT2D eigenvalue weighted by Crippen LogP contribution is -2.56. The quantitative estimate of drug-likeness (QED) is 0.583. The van der Waals surface area contributed by atoms with Crippen molar-refractivity contribution >= 4 is 27.0 Å². The molecule has 0 saturated carbocycles. The number of sulfone groups is 1. The van der Waals surface area contributed by atoms with Gasteiger partial charge in [0.05, 0.1) is 6.04 Å². The van der Waals surface area contributed by atoms with Gasteiger partial charge in [-0.25, -0.2) is 22.8 Å². The monoisotopic (exact) mass is 486 g/mol. The predicted molar refractivity (Wildman–Crippen MR) is 119 cm³/mol. The summed E-state index contributed by atoms with van der Waals surface area (Å²) in [6.45, 7) is 9.96. The van der Waals surface area contributed by atoms with Crippen molar-refractivity contribution in [3.8, 4) is 0 Å². The van der Waals surface area contributed by atoms with Crippen LogP contribution in [0.1, 0.15) is 32.0 Å². The molecule has 0 spiro atoms. The van der Waals surface area contributed by atoms with Crippen molar-refractivity contribution in [1.29, 1.82) is 0 Å². The molecule has 0 N–H and O–H groups in total. The Morgan fingerprint density at radius 1 is 1.24 bits per heavy atom. The number of hydrogen-bond donors (Lipinski definition) is 0. The molecule has 1 aliphatic rings. The van der Waals surface area contributed by atoms with Crippen molar-refractivity contribution in [1.82, 2.24) is 9.97 Å². The van der Waals surface area contributed by atoms with Crippen molar-refractivity contribution in [2.75, 3.05) is 35.7 Å². The van der Waals surface area contributed by atoms with Gasteiger partial charge in [-0.1, -0.05) is 20.4 Å². The Morgan fingerprint density at radius 2 is 1.91 bits per heavy atom. The van der Waals surface area contributed by atoms with Gasteiger partial charge in [0.15, 0.2) is 15.5 Å². The SMILES string of the molecule is C=C(C)c1cnc(N2CCN(c3ccc(F)c(S(C)(=O)=O)c3)CC2C(C)C)nc1C(F)(F)F. The Bertz CT molecular complexity index is 1170. The minimum absolute atomic E-state index is 0.0152. The zero-order chi connectivity index (χ0) is 24.7. The van der Waals surface area contributed by atoms with Crippen molar-refractivity contribution in [2.24, 2.45) is 5.92 Å². The van der Waals surface area contributed by atoms with Crippen LogP contribution in [-0.4, -0.2) is 50.3 Å². The third-order valence-electron chi connectivity index (χ3n) is 5.63. The third kappa shape index (κ3) is 5.29. The highest BCUT2D eigenvalue weighted by Crippen LogP contribution is 2.35. The molecule has 2 heterocycles. The number of rotatable bonds is 5. The molecule has 0 radical (unpaired) electrons. The van der Waals surface area contributed by atoms with Crippen LogP contribution in [0.4, 0.5) is 29.2 Å². The highest BCUT2D eigenvalue weighted by atomic mass is 32.2. The molecular formula is C22H26F4N4O2S. The summed E-state index contributed by atoms with van der Waals surface area (Å²) in [7, 11) is -3.75. The standard InChI is InChI=1S/C22H26F4N4O2S/c1-13(2)16-11-27-21(28-20(16)22(24,25)26)30-9-8-29(12-18(30)14(3)4)15-6-7-17(23)19(10-15)33(5,31)32/h6-7,10-11,14,18H,1,8-9,12H2,2-5H3. The molecule has 1 unspecified atom stereocenters. The van der Waals surface area contributed by atoms with E-state index in [9.17, 15) is 26.0 Å². The first-order chi connectivity index (χ1) is 15.2. The summed E-state index contributed by atoms with van der Waals surface area (Å²) in [6, 6.07) is 3.63. The number of nitrogens with zero attached hydrogens (tertiary/aromatic N) is 4. The van der Waals surface area contributed by atoms with Gasteiger partial charge in [0, 0.05) is 43.3 Å². The number of benzene rings is 1. The van der Waals surface area contributed by atoms with Crippen molar-refractivity contribution in [2.45, 2.75) is 37.9 Å². The summed E-state index contributed by atoms with van der Waals surface area (Å²) >= 11 is 0. The largest absolute Gasteiger partial charge is 0.434 e. The fourth-order valence-electron chi connectivity index (χ4n) is 3.88. The third-order valence-corrected chi connectivity index (χ3v) is 6.74. The van der Waals surface area contributed by atoms with E-state index >= 15 is 0 Å². The van der Waals surface area contributed by atoms with E-state index in [1.165, 1.54) is 19.1 Å². The summed E-state index contributed by atoms with van der Waals surface area (Å²) in [5.41, 5.74) is -0.430. The molecule has 2 aromatic rings. The number of allylic oxidation sites excluding steroid dienone is 1. The van der Waals surface area contributed by atoms with E-state index in [2.05, 4.69) is 16.5 Å². The topological polar surface area (TPSA) is 66.4 Å². The Morgan fingerprint density at radius 3 is 2.45 bits per heavy atom. The van der Waals surface area contributed by atoms with E-state index in [0.29, 0.717) is 25.3 Å². The maximum atomic E-state index is 14.0. The Balaban J connectivity index is 1.96. The zero-order valence-corrected chi connectivity index (χ0v) is 19.6. The highest BCUT2D eigenvalue weighted by molar-refractivity contribution is 7.90. The van der Waals surface area contributed by atoms with Gasteiger partial charge in [-0.15, -0.1) is 0 Å². The van der Waals surface area contributed by atoms with Crippen LogP contribution in [0, 0.1) is 11.7 Å². The number of hydrogen-bond acceptors (Lipinski definition) is 6. The molecule has 11 heteroatoms. The first-order valence-electron chi connectivity index (χ1n) is 10.3. The summed E-state index contributed by atoms with van der Waals surface area (Å²) in [5, 5.41) is 0. The van der Waals surface area contributed by atoms with Crippen LogP contribution in [0.15, 0.2) is 35.9 Å². The first kappa shape index (κ1) is 24.9. The summed E-state index contributed by atoms with van der Waals surface area (Å²) in [6.07, 6.45) is -2.57. The number of alkyl halides is 3. The number of anilines is 2. The van der Waals surface area contributed by atoms with Gasteiger partial charge in [-0.2, -0.15) is 13.2 Å². The van der Waals surface area contributed by atoms with Crippen molar-refractivity contribution in [3.63, 3.8) is 0 Å². The minimum Gasteiger partial charge on any atom is -0.368 e. The fourth-order valence-corrected chi connectivity index (χ4v) is 4.63. The van der Waals surface area contributed by atoms with E-state index in [1.54, 1.807) is 4.90 Å². The van der Waals surface area contributed by atoms with E-state index < -0.39 is 32.4 Å². The second kappa shape index (κ2) is 8.92. The molecule has 0 bridgehead atoms. The maximum Gasteiger partial charge on any atom is 0.434 e. The molecule has 3 rings (SSSR count). The molecule has 1 saturated heterocycles. The fraction of sp³-hybridized carbons (Fsp3) is 0.455. The van der Waals surface area contributed by atoms with Crippen LogP contribution in [-0.2, 0) is 16.0 Å². The van der Waals surface area contributed by atoms with Crippen LogP contribution in [0.3, 0.4) is 0 Å². The molecule has 0 amide bonds. The molecule has 1 aliphatic heterocycles. The Labute approximate surface area is 190 Å². The number of aromatic nitrogens is 2. The Kier molecular flexibility index (Phi) is 6.74. The predicted octanol–water partition coefficient (Wildman–Crippen LogP) is 4.42. The molecule has 1 aromatic carbocycles. The van der Waals surface area contributed by atoms with Crippen LogP contribution in [0.25, 0.3) is 5.57 Å². The normalized spacial score (nSPS) is 17.5. The van der Waals surface area contributed by atoms with E-state index in [1.807, 2.05) is 18.7 Å². The summed E-state index contributed by atoms with van der Waals surface area (Å²) in [4.78, 5) is 11.3. The lowest BCUT2D eigenvalue weighted by atomic mass is 9.99. The molecule has 6 nitrogen and oxygen atoms in total. The van der Waals surface area contributed by atoms with Gasteiger partial charge < -0.3 is 9.80 Å². The Hall–Kier alpha value is -2.69.